The Hall–Kier alpha value is -3.02. The Bertz CT molecular complexity index is 864. The van der Waals surface area contributed by atoms with Crippen LogP contribution in [-0.2, 0) is 16.0 Å². The van der Waals surface area contributed by atoms with E-state index in [1.165, 1.54) is 11.1 Å². The number of aryl methyl sites for hydroxylation is 2. The zero-order chi connectivity index (χ0) is 21.3. The van der Waals surface area contributed by atoms with Crippen molar-refractivity contribution in [3.8, 4) is 11.5 Å². The van der Waals surface area contributed by atoms with Crippen LogP contribution in [0.2, 0.25) is 0 Å². The topological polar surface area (TPSA) is 67.9 Å². The molecule has 0 radical (unpaired) electrons. The number of fused-ring (bicyclic) bond motifs is 1. The van der Waals surface area contributed by atoms with Gasteiger partial charge in [0.2, 0.25) is 11.8 Å². The minimum Gasteiger partial charge on any atom is -0.486 e. The number of nitrogens with zero attached hydrogens (tertiary/aromatic N) is 1. The molecule has 0 spiro atoms. The molecule has 1 aliphatic heterocycles. The summed E-state index contributed by atoms with van der Waals surface area (Å²) in [4.78, 5) is 26.5. The number of nitrogens with one attached hydrogen (secondary N) is 1. The van der Waals surface area contributed by atoms with Crippen LogP contribution < -0.4 is 14.8 Å². The van der Waals surface area contributed by atoms with E-state index in [0.717, 1.165) is 19.3 Å². The first-order valence-corrected chi connectivity index (χ1v) is 10.6. The number of carbonyl (C=O) groups excluding carboxylic acids is 2. The largest absolute Gasteiger partial charge is 0.486 e. The second-order valence-corrected chi connectivity index (χ2v) is 7.51. The van der Waals surface area contributed by atoms with Crippen LogP contribution >= 0.6 is 0 Å². The summed E-state index contributed by atoms with van der Waals surface area (Å²) in [6, 6.07) is 13.8. The SMILES string of the molecule is CCN(CC(=O)Nc1ccc2c(c1)OCCO2)C(=O)CCCCc1ccc(C)cc1. The quantitative estimate of drug-likeness (QED) is 0.635. The number of ether oxygens (including phenoxy) is 2. The van der Waals surface area contributed by atoms with E-state index in [1.807, 2.05) is 6.92 Å². The average Bonchev–Trinajstić information content (AvgIpc) is 2.76. The number of unbranched alkanes of at least 4 members (excludes halogenated alkanes) is 1. The highest BCUT2D eigenvalue weighted by molar-refractivity contribution is 5.94. The maximum Gasteiger partial charge on any atom is 0.243 e. The molecule has 3 rings (SSSR count). The Morgan fingerprint density at radius 1 is 1.00 bits per heavy atom. The van der Waals surface area contributed by atoms with Gasteiger partial charge in [-0.3, -0.25) is 9.59 Å². The molecule has 0 aliphatic carbocycles. The minimum atomic E-state index is -0.221. The molecule has 0 saturated carbocycles. The Labute approximate surface area is 178 Å². The van der Waals surface area contributed by atoms with E-state index in [4.69, 9.17) is 9.47 Å². The van der Waals surface area contributed by atoms with Gasteiger partial charge in [0.05, 0.1) is 6.54 Å². The number of anilines is 1. The monoisotopic (exact) mass is 410 g/mol. The van der Waals surface area contributed by atoms with Crippen molar-refractivity contribution < 1.29 is 19.1 Å². The van der Waals surface area contributed by atoms with Gasteiger partial charge in [0.1, 0.15) is 13.2 Å². The van der Waals surface area contributed by atoms with Crippen molar-refractivity contribution in [2.75, 3.05) is 31.6 Å². The Kier molecular flexibility index (Phi) is 7.71. The van der Waals surface area contributed by atoms with Crippen molar-refractivity contribution in [2.24, 2.45) is 0 Å². The van der Waals surface area contributed by atoms with Crippen molar-refractivity contribution in [1.82, 2.24) is 4.90 Å². The first-order chi connectivity index (χ1) is 14.5. The Morgan fingerprint density at radius 2 is 1.73 bits per heavy atom. The molecule has 0 aromatic heterocycles. The van der Waals surface area contributed by atoms with E-state index >= 15 is 0 Å². The fourth-order valence-corrected chi connectivity index (χ4v) is 3.39. The Balaban J connectivity index is 1.42. The molecule has 1 aliphatic rings. The fourth-order valence-electron chi connectivity index (χ4n) is 3.39. The van der Waals surface area contributed by atoms with Crippen LogP contribution in [0.3, 0.4) is 0 Å². The summed E-state index contributed by atoms with van der Waals surface area (Å²) in [5.41, 5.74) is 3.17. The smallest absolute Gasteiger partial charge is 0.243 e. The van der Waals surface area contributed by atoms with Crippen molar-refractivity contribution in [2.45, 2.75) is 39.5 Å². The Morgan fingerprint density at radius 3 is 2.47 bits per heavy atom. The van der Waals surface area contributed by atoms with E-state index in [1.54, 1.807) is 23.1 Å². The van der Waals surface area contributed by atoms with Crippen LogP contribution in [0.4, 0.5) is 5.69 Å². The van der Waals surface area contributed by atoms with Gasteiger partial charge in [0.15, 0.2) is 11.5 Å². The lowest BCUT2D eigenvalue weighted by Gasteiger charge is -2.21. The normalized spacial score (nSPS) is 12.3. The van der Waals surface area contributed by atoms with E-state index in [9.17, 15) is 9.59 Å². The van der Waals surface area contributed by atoms with Gasteiger partial charge in [-0.05, 0) is 50.8 Å². The molecular weight excluding hydrogens is 380 g/mol. The number of hydrogen-bond donors (Lipinski definition) is 1. The summed E-state index contributed by atoms with van der Waals surface area (Å²) in [5.74, 6) is 1.09. The van der Waals surface area contributed by atoms with Crippen molar-refractivity contribution >= 4 is 17.5 Å². The number of benzene rings is 2. The molecule has 2 amide bonds. The molecule has 1 N–H and O–H groups in total. The number of hydrogen-bond acceptors (Lipinski definition) is 4. The standard InChI is InChI=1S/C24H30N2O4/c1-3-26(24(28)7-5-4-6-19-10-8-18(2)9-11-19)17-23(27)25-20-12-13-21-22(16-20)30-15-14-29-21/h8-13,16H,3-7,14-15,17H2,1-2H3,(H,25,27). The third-order valence-corrected chi connectivity index (χ3v) is 5.12. The highest BCUT2D eigenvalue weighted by Gasteiger charge is 2.17. The van der Waals surface area contributed by atoms with E-state index < -0.39 is 0 Å². The first-order valence-electron chi connectivity index (χ1n) is 10.6. The van der Waals surface area contributed by atoms with Crippen LogP contribution in [0.1, 0.15) is 37.3 Å². The zero-order valence-electron chi connectivity index (χ0n) is 17.8. The molecule has 160 valence electrons. The lowest BCUT2D eigenvalue weighted by atomic mass is 10.1. The fraction of sp³-hybridized carbons (Fsp3) is 0.417. The van der Waals surface area contributed by atoms with Gasteiger partial charge in [-0.15, -0.1) is 0 Å². The first kappa shape index (κ1) is 21.7. The van der Waals surface area contributed by atoms with Gasteiger partial charge in [-0.1, -0.05) is 29.8 Å². The van der Waals surface area contributed by atoms with Crippen LogP contribution in [0.5, 0.6) is 11.5 Å². The maximum atomic E-state index is 12.5. The van der Waals surface area contributed by atoms with Crippen LogP contribution in [0.15, 0.2) is 42.5 Å². The predicted molar refractivity (Wildman–Crippen MR) is 117 cm³/mol. The summed E-state index contributed by atoms with van der Waals surface area (Å²) in [5, 5.41) is 2.84. The van der Waals surface area contributed by atoms with Gasteiger partial charge in [-0.25, -0.2) is 0 Å². The average molecular weight is 411 g/mol. The molecule has 0 unspecified atom stereocenters. The summed E-state index contributed by atoms with van der Waals surface area (Å²) in [6.45, 7) is 5.53. The molecule has 0 saturated heterocycles. The van der Waals surface area contributed by atoms with E-state index in [2.05, 4.69) is 36.5 Å². The van der Waals surface area contributed by atoms with Gasteiger partial charge < -0.3 is 19.7 Å². The van der Waals surface area contributed by atoms with E-state index in [-0.39, 0.29) is 18.4 Å². The molecule has 0 fully saturated rings. The van der Waals surface area contributed by atoms with Crippen molar-refractivity contribution in [3.05, 3.63) is 53.6 Å². The number of carbonyl (C=O) groups is 2. The summed E-state index contributed by atoms with van der Waals surface area (Å²) >= 11 is 0. The molecule has 6 heteroatoms. The van der Waals surface area contributed by atoms with Crippen LogP contribution in [0, 0.1) is 6.92 Å². The van der Waals surface area contributed by atoms with Crippen LogP contribution in [0.25, 0.3) is 0 Å². The second kappa shape index (κ2) is 10.7. The van der Waals surface area contributed by atoms with Gasteiger partial charge in [0.25, 0.3) is 0 Å². The molecule has 1 heterocycles. The van der Waals surface area contributed by atoms with Crippen LogP contribution in [-0.4, -0.2) is 43.0 Å². The molecular formula is C24H30N2O4. The van der Waals surface area contributed by atoms with Crippen molar-refractivity contribution in [3.63, 3.8) is 0 Å². The molecule has 2 aromatic carbocycles. The predicted octanol–water partition coefficient (Wildman–Crippen LogP) is 3.97. The summed E-state index contributed by atoms with van der Waals surface area (Å²) in [6.07, 6.45) is 3.18. The zero-order valence-corrected chi connectivity index (χ0v) is 17.8. The van der Waals surface area contributed by atoms with E-state index in [0.29, 0.717) is 43.4 Å². The highest BCUT2D eigenvalue weighted by Crippen LogP contribution is 2.32. The molecule has 0 atom stereocenters. The lowest BCUT2D eigenvalue weighted by Crippen LogP contribution is -2.37. The van der Waals surface area contributed by atoms with Gasteiger partial charge in [-0.2, -0.15) is 0 Å². The van der Waals surface area contributed by atoms with Gasteiger partial charge >= 0.3 is 0 Å². The number of rotatable bonds is 9. The second-order valence-electron chi connectivity index (χ2n) is 7.51. The molecule has 30 heavy (non-hydrogen) atoms. The molecule has 6 nitrogen and oxygen atoms in total. The third-order valence-electron chi connectivity index (χ3n) is 5.12. The van der Waals surface area contributed by atoms with Gasteiger partial charge in [0, 0.05) is 24.7 Å². The number of amides is 2. The molecule has 0 bridgehead atoms. The number of likely N-dealkylation sites (N-methyl/N-ethyl adjacent to an activating group) is 1. The summed E-state index contributed by atoms with van der Waals surface area (Å²) < 4.78 is 11.0. The lowest BCUT2D eigenvalue weighted by molar-refractivity contribution is -0.134. The van der Waals surface area contributed by atoms with Crippen molar-refractivity contribution in [1.29, 1.82) is 0 Å². The minimum absolute atomic E-state index is 0.0127. The highest BCUT2D eigenvalue weighted by atomic mass is 16.6. The third kappa shape index (κ3) is 6.24. The summed E-state index contributed by atoms with van der Waals surface area (Å²) in [7, 11) is 0. The molecule has 2 aromatic rings. The maximum absolute atomic E-state index is 12.5.